The Morgan fingerprint density at radius 3 is 2.68 bits per heavy atom. The van der Waals surface area contributed by atoms with Crippen molar-refractivity contribution < 1.29 is 28.2 Å². The van der Waals surface area contributed by atoms with Crippen molar-refractivity contribution in [2.24, 2.45) is 4.99 Å². The van der Waals surface area contributed by atoms with Crippen molar-refractivity contribution in [2.75, 3.05) is 52.0 Å². The van der Waals surface area contributed by atoms with Crippen LogP contribution in [0.3, 0.4) is 0 Å². The number of morpholine rings is 1. The summed E-state index contributed by atoms with van der Waals surface area (Å²) in [6, 6.07) is 8.17. The number of thiazole rings is 1. The van der Waals surface area contributed by atoms with Gasteiger partial charge >= 0.3 is 5.97 Å². The number of benzene rings is 1. The van der Waals surface area contributed by atoms with E-state index in [1.165, 1.54) is 15.9 Å². The van der Waals surface area contributed by atoms with Gasteiger partial charge in [0.15, 0.2) is 10.7 Å². The molecule has 0 spiro atoms. The zero-order chi connectivity index (χ0) is 26.8. The van der Waals surface area contributed by atoms with Gasteiger partial charge in [0.25, 0.3) is 5.56 Å². The minimum Gasteiger partial charge on any atom is -0.497 e. The number of nitrogens with zero attached hydrogens (tertiary/aromatic N) is 3. The zero-order valence-corrected chi connectivity index (χ0v) is 22.5. The first-order valence-corrected chi connectivity index (χ1v) is 13.1. The number of carbonyl (C=O) groups excluding carboxylic acids is 1. The smallest absolute Gasteiger partial charge is 0.338 e. The second-order valence-corrected chi connectivity index (χ2v) is 9.69. The molecule has 200 valence electrons. The minimum atomic E-state index is -0.821. The van der Waals surface area contributed by atoms with Crippen molar-refractivity contribution in [3.63, 3.8) is 0 Å². The highest BCUT2D eigenvalue weighted by molar-refractivity contribution is 7.07. The molecule has 2 aliphatic heterocycles. The topological polar surface area (TPSA) is 105 Å². The second-order valence-electron chi connectivity index (χ2n) is 8.69. The van der Waals surface area contributed by atoms with Gasteiger partial charge in [-0.25, -0.2) is 9.79 Å². The Hall–Kier alpha value is -3.83. The molecule has 2 aliphatic rings. The highest BCUT2D eigenvalue weighted by Crippen LogP contribution is 2.37. The molecule has 0 amide bonds. The molecule has 1 saturated heterocycles. The van der Waals surface area contributed by atoms with E-state index in [-0.39, 0.29) is 17.7 Å². The van der Waals surface area contributed by atoms with Crippen molar-refractivity contribution in [2.45, 2.75) is 19.9 Å². The summed E-state index contributed by atoms with van der Waals surface area (Å²) in [5, 5.41) is 0. The lowest BCUT2D eigenvalue weighted by atomic mass is 9.95. The number of carbonyl (C=O) groups is 1. The molecular formula is C27H29N3O7S. The van der Waals surface area contributed by atoms with Gasteiger partial charge in [-0.1, -0.05) is 11.3 Å². The SMILES string of the molecule is CCOC(=O)C1=C(C)N=c2s/c(=C/c3ccc(N4CCOCC4)o3)c(=O)n2[C@@H]1c1cc(OC)ccc1OC. The molecule has 0 saturated carbocycles. The van der Waals surface area contributed by atoms with Crippen molar-refractivity contribution in [3.8, 4) is 11.5 Å². The van der Waals surface area contributed by atoms with Crippen molar-refractivity contribution in [1.29, 1.82) is 0 Å². The highest BCUT2D eigenvalue weighted by atomic mass is 32.1. The van der Waals surface area contributed by atoms with Crippen LogP contribution < -0.4 is 29.3 Å². The normalized spacial score (nSPS) is 17.7. The minimum absolute atomic E-state index is 0.186. The lowest BCUT2D eigenvalue weighted by molar-refractivity contribution is -0.139. The van der Waals surface area contributed by atoms with Gasteiger partial charge in [0.1, 0.15) is 23.3 Å². The van der Waals surface area contributed by atoms with Crippen LogP contribution in [0.15, 0.2) is 55.8 Å². The maximum Gasteiger partial charge on any atom is 0.338 e. The maximum atomic E-state index is 13.9. The van der Waals surface area contributed by atoms with Crippen LogP contribution in [0.25, 0.3) is 6.08 Å². The fraction of sp³-hybridized carbons (Fsp3) is 0.370. The van der Waals surface area contributed by atoms with Crippen molar-refractivity contribution >= 4 is 29.3 Å². The molecule has 1 fully saturated rings. The highest BCUT2D eigenvalue weighted by Gasteiger charge is 2.35. The number of aromatic nitrogens is 1. The largest absolute Gasteiger partial charge is 0.497 e. The number of ether oxygens (including phenoxy) is 4. The van der Waals surface area contributed by atoms with Crippen LogP contribution >= 0.6 is 11.3 Å². The number of hydrogen-bond donors (Lipinski definition) is 0. The van der Waals surface area contributed by atoms with Gasteiger partial charge in [-0.3, -0.25) is 9.36 Å². The molecule has 38 heavy (non-hydrogen) atoms. The van der Waals surface area contributed by atoms with Crippen molar-refractivity contribution in [1.82, 2.24) is 4.57 Å². The number of fused-ring (bicyclic) bond motifs is 1. The molecule has 0 unspecified atom stereocenters. The quantitative estimate of drug-likeness (QED) is 0.421. The lowest BCUT2D eigenvalue weighted by Gasteiger charge is -2.26. The number of allylic oxidation sites excluding steroid dienone is 1. The molecule has 5 rings (SSSR count). The third-order valence-corrected chi connectivity index (χ3v) is 7.44. The molecule has 3 aromatic rings. The van der Waals surface area contributed by atoms with E-state index in [0.717, 1.165) is 19.0 Å². The number of anilines is 1. The monoisotopic (exact) mass is 539 g/mol. The van der Waals surface area contributed by atoms with Crippen LogP contribution in [-0.4, -0.2) is 57.7 Å². The van der Waals surface area contributed by atoms with Crippen LogP contribution in [-0.2, 0) is 14.3 Å². The van der Waals surface area contributed by atoms with Gasteiger partial charge in [0, 0.05) is 30.8 Å². The van der Waals surface area contributed by atoms with Crippen LogP contribution in [0.2, 0.25) is 0 Å². The predicted molar refractivity (Wildman–Crippen MR) is 142 cm³/mol. The van der Waals surface area contributed by atoms with Crippen molar-refractivity contribution in [3.05, 3.63) is 72.6 Å². The summed E-state index contributed by atoms with van der Waals surface area (Å²) in [6.45, 7) is 6.44. The van der Waals surface area contributed by atoms with Crippen LogP contribution in [0.1, 0.15) is 31.2 Å². The molecule has 10 nitrogen and oxygen atoms in total. The zero-order valence-electron chi connectivity index (χ0n) is 21.7. The first-order valence-electron chi connectivity index (χ1n) is 12.3. The number of esters is 1. The Bertz CT molecular complexity index is 1560. The standard InChI is InChI=1S/C27H29N3O7S/c1-5-36-26(32)23-16(2)28-27-30(24(23)19-14-17(33-3)6-8-20(19)34-4)25(31)21(38-27)15-18-7-9-22(37-18)29-10-12-35-13-11-29/h6-9,14-15,24H,5,10-13H2,1-4H3/b21-15+/t24-/m1/s1. The fourth-order valence-electron chi connectivity index (χ4n) is 4.64. The van der Waals surface area contributed by atoms with E-state index in [4.69, 9.17) is 23.4 Å². The maximum absolute atomic E-state index is 13.9. The first-order chi connectivity index (χ1) is 18.4. The summed E-state index contributed by atoms with van der Waals surface area (Å²) in [6.07, 6.45) is 1.71. The predicted octanol–water partition coefficient (Wildman–Crippen LogP) is 2.25. The van der Waals surface area contributed by atoms with Gasteiger partial charge in [0.05, 0.1) is 49.8 Å². The van der Waals surface area contributed by atoms with E-state index in [2.05, 4.69) is 9.89 Å². The average molecular weight is 540 g/mol. The molecule has 0 bridgehead atoms. The van der Waals surface area contributed by atoms with E-state index in [9.17, 15) is 9.59 Å². The van der Waals surface area contributed by atoms with Gasteiger partial charge in [0.2, 0.25) is 0 Å². The third-order valence-electron chi connectivity index (χ3n) is 6.46. The molecule has 0 aliphatic carbocycles. The van der Waals surface area contributed by atoms with Gasteiger partial charge in [-0.05, 0) is 38.1 Å². The molecule has 1 atom stereocenters. The average Bonchev–Trinajstić information content (AvgIpc) is 3.52. The van der Waals surface area contributed by atoms with Gasteiger partial charge in [-0.15, -0.1) is 0 Å². The molecule has 0 N–H and O–H groups in total. The van der Waals surface area contributed by atoms with E-state index in [0.29, 0.717) is 51.1 Å². The first kappa shape index (κ1) is 25.8. The fourth-order valence-corrected chi connectivity index (χ4v) is 5.67. The summed E-state index contributed by atoms with van der Waals surface area (Å²) >= 11 is 1.23. The molecule has 4 heterocycles. The third kappa shape index (κ3) is 4.74. The molecule has 2 aromatic heterocycles. The Morgan fingerprint density at radius 2 is 1.97 bits per heavy atom. The molecule has 0 radical (unpaired) electrons. The Balaban J connectivity index is 1.66. The molecule has 1 aromatic carbocycles. The van der Waals surface area contributed by atoms with Gasteiger partial charge < -0.3 is 28.3 Å². The lowest BCUT2D eigenvalue weighted by Crippen LogP contribution is -2.40. The number of rotatable bonds is 7. The van der Waals surface area contributed by atoms with Crippen LogP contribution in [0, 0.1) is 0 Å². The Kier molecular flexibility index (Phi) is 7.39. The molecular weight excluding hydrogens is 510 g/mol. The Morgan fingerprint density at radius 1 is 1.18 bits per heavy atom. The summed E-state index contributed by atoms with van der Waals surface area (Å²) in [7, 11) is 3.09. The van der Waals surface area contributed by atoms with Crippen LogP contribution in [0.4, 0.5) is 5.88 Å². The van der Waals surface area contributed by atoms with E-state index >= 15 is 0 Å². The van der Waals surface area contributed by atoms with E-state index in [1.54, 1.807) is 52.3 Å². The number of hydrogen-bond acceptors (Lipinski definition) is 10. The number of furan rings is 1. The summed E-state index contributed by atoms with van der Waals surface area (Å²) in [4.78, 5) is 34.2. The van der Waals surface area contributed by atoms with Crippen LogP contribution in [0.5, 0.6) is 11.5 Å². The van der Waals surface area contributed by atoms with E-state index in [1.807, 2.05) is 12.1 Å². The van der Waals surface area contributed by atoms with E-state index < -0.39 is 12.0 Å². The summed E-state index contributed by atoms with van der Waals surface area (Å²) in [5.41, 5.74) is 1.02. The Labute approximate surface area is 223 Å². The summed E-state index contributed by atoms with van der Waals surface area (Å²) in [5.74, 6) is 1.80. The number of methoxy groups -OCH3 is 2. The van der Waals surface area contributed by atoms with Gasteiger partial charge in [-0.2, -0.15) is 0 Å². The second kappa shape index (κ2) is 10.9. The summed E-state index contributed by atoms with van der Waals surface area (Å²) < 4.78 is 29.8. The molecule has 11 heteroatoms.